The summed E-state index contributed by atoms with van der Waals surface area (Å²) in [6.45, 7) is 2.92. The number of aromatic nitrogens is 1. The van der Waals surface area contributed by atoms with Gasteiger partial charge in [-0.3, -0.25) is 4.98 Å². The Bertz CT molecular complexity index is 324. The molecule has 0 aliphatic carbocycles. The molecule has 14 heavy (non-hydrogen) atoms. The Morgan fingerprint density at radius 2 is 2.07 bits per heavy atom. The van der Waals surface area contributed by atoms with Crippen LogP contribution < -0.4 is 24.0 Å². The van der Waals surface area contributed by atoms with Crippen LogP contribution in [0.1, 0.15) is 19.5 Å². The number of nitrogens with zero attached hydrogens (tertiary/aromatic N) is 1. The predicted molar refractivity (Wildman–Crippen MR) is 42.2 cm³/mol. The smallest absolute Gasteiger partial charge is 0.549 e. The molecule has 3 nitrogen and oxygen atoms in total. The summed E-state index contributed by atoms with van der Waals surface area (Å²) >= 11 is 0. The van der Waals surface area contributed by atoms with Crippen molar-refractivity contribution >= 4 is 5.97 Å². The van der Waals surface area contributed by atoms with E-state index < -0.39 is 17.2 Å². The van der Waals surface area contributed by atoms with Crippen LogP contribution in [0.25, 0.3) is 0 Å². The molecule has 0 aliphatic rings. The largest absolute Gasteiger partial charge is 1.00 e. The van der Waals surface area contributed by atoms with Crippen molar-refractivity contribution < 1.29 is 33.2 Å². The van der Waals surface area contributed by atoms with Gasteiger partial charge in [-0.15, -0.1) is 0 Å². The van der Waals surface area contributed by atoms with Gasteiger partial charge in [-0.05, 0) is 26.0 Å². The van der Waals surface area contributed by atoms with Crippen molar-refractivity contribution in [1.82, 2.24) is 4.98 Å². The van der Waals surface area contributed by atoms with Crippen LogP contribution in [0.4, 0.5) is 4.39 Å². The van der Waals surface area contributed by atoms with E-state index in [0.29, 0.717) is 0 Å². The Morgan fingerprint density at radius 1 is 1.50 bits per heavy atom. The van der Waals surface area contributed by atoms with Crippen molar-refractivity contribution in [1.29, 1.82) is 0 Å². The molecule has 0 saturated heterocycles. The zero-order valence-electron chi connectivity index (χ0n) is 8.37. The molecule has 1 rings (SSSR count). The second kappa shape index (κ2) is 4.58. The van der Waals surface area contributed by atoms with Gasteiger partial charge in [-0.2, -0.15) is 0 Å². The van der Waals surface area contributed by atoms with Crippen molar-refractivity contribution in [3.05, 3.63) is 29.8 Å². The molecule has 70 valence electrons. The number of hydrogen-bond acceptors (Lipinski definition) is 3. The predicted octanol–water partition coefficient (Wildman–Crippen LogP) is -2.75. The van der Waals surface area contributed by atoms with Crippen molar-refractivity contribution in [2.24, 2.45) is 0 Å². The Morgan fingerprint density at radius 3 is 2.43 bits per heavy atom. The van der Waals surface area contributed by atoms with Crippen LogP contribution in [0.5, 0.6) is 0 Å². The first-order valence-corrected chi connectivity index (χ1v) is 3.78. The van der Waals surface area contributed by atoms with Gasteiger partial charge in [0.25, 0.3) is 0 Å². The van der Waals surface area contributed by atoms with Gasteiger partial charge in [0.2, 0.25) is 0 Å². The standard InChI is InChI=1S/C9H10FNO2.Li/c1-9(2,8(12)13)7-4-3-6(10)5-11-7;/h3-5H,1-2H3,(H,12,13);/q;+1/p-1. The number of carboxylic acid groups (broad SMARTS) is 1. The molecule has 0 amide bonds. The molecule has 0 saturated carbocycles. The Balaban J connectivity index is 0.00000169. The Hall–Kier alpha value is -0.853. The fourth-order valence-corrected chi connectivity index (χ4v) is 0.850. The minimum Gasteiger partial charge on any atom is -0.549 e. The fraction of sp³-hybridized carbons (Fsp3) is 0.333. The average molecular weight is 189 g/mol. The average Bonchev–Trinajstić information content (AvgIpc) is 2.04. The second-order valence-electron chi connectivity index (χ2n) is 3.27. The number of hydrogen-bond donors (Lipinski definition) is 0. The maximum Gasteiger partial charge on any atom is 1.00 e. The summed E-state index contributed by atoms with van der Waals surface area (Å²) in [5.74, 6) is -1.72. The number of aliphatic carboxylic acids is 1. The zero-order chi connectivity index (χ0) is 10.1. The zero-order valence-corrected chi connectivity index (χ0v) is 8.37. The van der Waals surface area contributed by atoms with E-state index in [-0.39, 0.29) is 24.6 Å². The van der Waals surface area contributed by atoms with Crippen molar-refractivity contribution in [2.75, 3.05) is 0 Å². The van der Waals surface area contributed by atoms with Gasteiger partial charge in [-0.1, -0.05) is 0 Å². The van der Waals surface area contributed by atoms with Gasteiger partial charge in [0.05, 0.1) is 17.9 Å². The summed E-state index contributed by atoms with van der Waals surface area (Å²) in [6, 6.07) is 2.51. The van der Waals surface area contributed by atoms with Crippen LogP contribution in [0.15, 0.2) is 18.3 Å². The molecule has 0 radical (unpaired) electrons. The van der Waals surface area contributed by atoms with E-state index in [2.05, 4.69) is 4.98 Å². The van der Waals surface area contributed by atoms with Crippen molar-refractivity contribution in [2.45, 2.75) is 19.3 Å². The van der Waals surface area contributed by atoms with Crippen molar-refractivity contribution in [3.63, 3.8) is 0 Å². The first-order valence-electron chi connectivity index (χ1n) is 3.78. The van der Waals surface area contributed by atoms with Crippen LogP contribution >= 0.6 is 0 Å². The van der Waals surface area contributed by atoms with E-state index in [4.69, 9.17) is 0 Å². The second-order valence-corrected chi connectivity index (χ2v) is 3.27. The minimum atomic E-state index is -1.23. The first kappa shape index (κ1) is 13.1. The topological polar surface area (TPSA) is 53.0 Å². The summed E-state index contributed by atoms with van der Waals surface area (Å²) in [7, 11) is 0. The van der Waals surface area contributed by atoms with E-state index in [0.717, 1.165) is 6.20 Å². The van der Waals surface area contributed by atoms with Crippen LogP contribution in [0.2, 0.25) is 0 Å². The third kappa shape index (κ3) is 2.57. The summed E-state index contributed by atoms with van der Waals surface area (Å²) in [5, 5.41) is 10.7. The molecule has 0 unspecified atom stereocenters. The SMILES string of the molecule is CC(C)(C(=O)[O-])c1ccc(F)cn1.[Li+]. The molecule has 0 fully saturated rings. The normalized spacial score (nSPS) is 10.5. The molecular formula is C9H9FLiNO2. The van der Waals surface area contributed by atoms with Gasteiger partial charge in [0, 0.05) is 5.41 Å². The number of carbonyl (C=O) groups excluding carboxylic acids is 1. The molecule has 1 aromatic rings. The molecule has 0 aliphatic heterocycles. The maximum atomic E-state index is 12.5. The minimum absolute atomic E-state index is 0. The fourth-order valence-electron chi connectivity index (χ4n) is 0.850. The van der Waals surface area contributed by atoms with E-state index in [1.54, 1.807) is 0 Å². The van der Waals surface area contributed by atoms with E-state index in [9.17, 15) is 14.3 Å². The van der Waals surface area contributed by atoms with Crippen LogP contribution in [-0.2, 0) is 10.2 Å². The Kier molecular flexibility index (Phi) is 4.30. The number of halogens is 1. The third-order valence-corrected chi connectivity index (χ3v) is 1.88. The van der Waals surface area contributed by atoms with Crippen LogP contribution in [0, 0.1) is 5.82 Å². The first-order chi connectivity index (χ1) is 5.94. The van der Waals surface area contributed by atoms with Gasteiger partial charge < -0.3 is 9.90 Å². The molecular weight excluding hydrogens is 180 g/mol. The molecule has 0 atom stereocenters. The molecule has 1 aromatic heterocycles. The van der Waals surface area contributed by atoms with E-state index in [1.807, 2.05) is 0 Å². The summed E-state index contributed by atoms with van der Waals surface area (Å²) in [6.07, 6.45) is 0.986. The number of rotatable bonds is 2. The van der Waals surface area contributed by atoms with E-state index in [1.165, 1.54) is 26.0 Å². The summed E-state index contributed by atoms with van der Waals surface area (Å²) in [5.41, 5.74) is -0.901. The number of carbonyl (C=O) groups is 1. The summed E-state index contributed by atoms with van der Waals surface area (Å²) in [4.78, 5) is 14.3. The number of carboxylic acids is 1. The molecule has 0 bridgehead atoms. The molecule has 0 aromatic carbocycles. The van der Waals surface area contributed by atoms with Crippen LogP contribution in [-0.4, -0.2) is 11.0 Å². The van der Waals surface area contributed by atoms with Gasteiger partial charge in [-0.25, -0.2) is 4.39 Å². The van der Waals surface area contributed by atoms with Gasteiger partial charge in [0.15, 0.2) is 0 Å². The molecule has 5 heteroatoms. The van der Waals surface area contributed by atoms with Crippen LogP contribution in [0.3, 0.4) is 0 Å². The molecule has 0 spiro atoms. The van der Waals surface area contributed by atoms with Gasteiger partial charge in [0.1, 0.15) is 5.82 Å². The molecule has 0 N–H and O–H groups in total. The van der Waals surface area contributed by atoms with E-state index >= 15 is 0 Å². The quantitative estimate of drug-likeness (QED) is 0.474. The monoisotopic (exact) mass is 189 g/mol. The molecule has 1 heterocycles. The summed E-state index contributed by atoms with van der Waals surface area (Å²) < 4.78 is 12.5. The number of pyridine rings is 1. The Labute approximate surface area is 93.5 Å². The van der Waals surface area contributed by atoms with Gasteiger partial charge >= 0.3 is 18.9 Å². The van der Waals surface area contributed by atoms with Crippen molar-refractivity contribution in [3.8, 4) is 0 Å². The maximum absolute atomic E-state index is 12.5. The third-order valence-electron chi connectivity index (χ3n) is 1.88.